The van der Waals surface area contributed by atoms with Gasteiger partial charge >= 0.3 is 0 Å². The van der Waals surface area contributed by atoms with Crippen molar-refractivity contribution in [1.82, 2.24) is 14.5 Å². The molecule has 0 saturated carbocycles. The van der Waals surface area contributed by atoms with E-state index in [0.717, 1.165) is 77.5 Å². The monoisotopic (exact) mass is 680 g/mol. The lowest BCUT2D eigenvalue weighted by atomic mass is 9.98. The molecule has 0 fully saturated rings. The zero-order valence-electron chi connectivity index (χ0n) is 27.9. The summed E-state index contributed by atoms with van der Waals surface area (Å²) in [5.41, 5.74) is 10.6. The number of thiophene rings is 1. The summed E-state index contributed by atoms with van der Waals surface area (Å²) in [6.45, 7) is 0. The SMILES string of the molecule is N#Cc1cccc(-c2ccc3sc4ccc(-c5nc(-c6ccccc6)cc(-c6ccccc6)n5)cc4c3c2)c1-n1c2ccccc2c2ccccc21. The third kappa shape index (κ3) is 4.89. The van der Waals surface area contributed by atoms with Gasteiger partial charge in [-0.15, -0.1) is 11.3 Å². The number of nitrogens with zero attached hydrogens (tertiary/aromatic N) is 4. The third-order valence-corrected chi connectivity index (χ3v) is 11.0. The van der Waals surface area contributed by atoms with Crippen LogP contribution in [0.1, 0.15) is 5.56 Å². The van der Waals surface area contributed by atoms with Crippen molar-refractivity contribution in [2.75, 3.05) is 0 Å². The van der Waals surface area contributed by atoms with Crippen molar-refractivity contribution < 1.29 is 0 Å². The van der Waals surface area contributed by atoms with Crippen LogP contribution in [0.2, 0.25) is 0 Å². The molecule has 242 valence electrons. The quantitative estimate of drug-likeness (QED) is 0.182. The fourth-order valence-corrected chi connectivity index (χ4v) is 8.51. The van der Waals surface area contributed by atoms with Gasteiger partial charge in [-0.3, -0.25) is 0 Å². The first-order valence-electron chi connectivity index (χ1n) is 17.2. The summed E-state index contributed by atoms with van der Waals surface area (Å²) in [6, 6.07) is 61.3. The van der Waals surface area contributed by atoms with Gasteiger partial charge in [0.25, 0.3) is 0 Å². The predicted molar refractivity (Wildman–Crippen MR) is 216 cm³/mol. The molecule has 3 aromatic heterocycles. The van der Waals surface area contributed by atoms with E-state index in [1.54, 1.807) is 11.3 Å². The van der Waals surface area contributed by atoms with Gasteiger partial charge in [0.1, 0.15) is 6.07 Å². The average Bonchev–Trinajstić information content (AvgIpc) is 3.76. The zero-order valence-corrected chi connectivity index (χ0v) is 28.7. The van der Waals surface area contributed by atoms with Crippen LogP contribution in [0, 0.1) is 11.3 Å². The minimum absolute atomic E-state index is 0.631. The largest absolute Gasteiger partial charge is 0.307 e. The molecule has 52 heavy (non-hydrogen) atoms. The van der Waals surface area contributed by atoms with Gasteiger partial charge in [-0.1, -0.05) is 115 Å². The van der Waals surface area contributed by atoms with E-state index in [-0.39, 0.29) is 0 Å². The lowest BCUT2D eigenvalue weighted by molar-refractivity contribution is 1.17. The summed E-state index contributed by atoms with van der Waals surface area (Å²) < 4.78 is 4.66. The van der Waals surface area contributed by atoms with E-state index in [9.17, 15) is 5.26 Å². The number of rotatable bonds is 5. The summed E-state index contributed by atoms with van der Waals surface area (Å²) in [6.07, 6.45) is 0. The van der Waals surface area contributed by atoms with E-state index in [0.29, 0.717) is 11.4 Å². The summed E-state index contributed by atoms with van der Waals surface area (Å²) >= 11 is 1.78. The fraction of sp³-hybridized carbons (Fsp3) is 0. The molecule has 3 heterocycles. The first-order chi connectivity index (χ1) is 25.7. The number of fused-ring (bicyclic) bond motifs is 6. The molecule has 0 aliphatic carbocycles. The topological polar surface area (TPSA) is 54.5 Å². The van der Waals surface area contributed by atoms with Crippen LogP contribution in [0.25, 0.3) is 92.7 Å². The predicted octanol–water partition coefficient (Wildman–Crippen LogP) is 12.5. The maximum absolute atomic E-state index is 10.5. The molecule has 10 rings (SSSR count). The number of para-hydroxylation sites is 3. The van der Waals surface area contributed by atoms with Gasteiger partial charge in [0.15, 0.2) is 5.82 Å². The lowest BCUT2D eigenvalue weighted by Crippen LogP contribution is -2.00. The number of nitriles is 1. The highest BCUT2D eigenvalue weighted by Crippen LogP contribution is 2.42. The molecule has 0 unspecified atom stereocenters. The van der Waals surface area contributed by atoms with E-state index in [1.807, 2.05) is 48.5 Å². The Labute approximate surface area is 304 Å². The van der Waals surface area contributed by atoms with Crippen molar-refractivity contribution in [2.24, 2.45) is 0 Å². The van der Waals surface area contributed by atoms with Crippen LogP contribution < -0.4 is 0 Å². The van der Waals surface area contributed by atoms with Crippen molar-refractivity contribution >= 4 is 53.3 Å². The maximum Gasteiger partial charge on any atom is 0.160 e. The molecule has 5 heteroatoms. The molecule has 0 radical (unpaired) electrons. The fourth-order valence-electron chi connectivity index (χ4n) is 7.44. The summed E-state index contributed by atoms with van der Waals surface area (Å²) in [7, 11) is 0. The molecule has 0 bridgehead atoms. The van der Waals surface area contributed by atoms with Crippen LogP contribution in [0.5, 0.6) is 0 Å². The minimum atomic E-state index is 0.631. The molecule has 0 atom stereocenters. The number of hydrogen-bond donors (Lipinski definition) is 0. The van der Waals surface area contributed by atoms with Gasteiger partial charge in [-0.25, -0.2) is 9.97 Å². The Morgan fingerprint density at radius 3 is 1.60 bits per heavy atom. The summed E-state index contributed by atoms with van der Waals surface area (Å²) in [5, 5.41) is 15.1. The molecular formula is C47H28N4S. The maximum atomic E-state index is 10.5. The Bertz CT molecular complexity index is 2910. The first kappa shape index (κ1) is 30.0. The number of hydrogen-bond acceptors (Lipinski definition) is 4. The molecule has 0 aliphatic rings. The van der Waals surface area contributed by atoms with E-state index >= 15 is 0 Å². The Hall–Kier alpha value is -6.87. The second-order valence-electron chi connectivity index (χ2n) is 12.9. The van der Waals surface area contributed by atoms with Gasteiger partial charge in [-0.2, -0.15) is 5.26 Å². The van der Waals surface area contributed by atoms with E-state index in [1.165, 1.54) is 9.40 Å². The Kier molecular flexibility index (Phi) is 7.02. The molecule has 4 nitrogen and oxygen atoms in total. The molecule has 0 amide bonds. The van der Waals surface area contributed by atoms with Gasteiger partial charge in [0.05, 0.1) is 33.7 Å². The standard InChI is InChI=1S/C47H28N4S/c48-29-34-16-11-19-35(46(34)51-42-20-9-7-17-36(42)37-18-8-10-21-43(37)51)32-22-24-44-38(26-32)39-27-33(23-25-45(39)52-44)47-49-40(30-12-3-1-4-13-30)28-41(50-47)31-14-5-2-6-15-31/h1-28H. The lowest BCUT2D eigenvalue weighted by Gasteiger charge is -2.16. The van der Waals surface area contributed by atoms with Crippen molar-refractivity contribution in [1.29, 1.82) is 5.26 Å². The van der Waals surface area contributed by atoms with Gasteiger partial charge in [0, 0.05) is 53.2 Å². The van der Waals surface area contributed by atoms with Crippen LogP contribution in [-0.4, -0.2) is 14.5 Å². The average molecular weight is 681 g/mol. The highest BCUT2D eigenvalue weighted by molar-refractivity contribution is 7.25. The van der Waals surface area contributed by atoms with E-state index in [4.69, 9.17) is 9.97 Å². The van der Waals surface area contributed by atoms with Crippen LogP contribution >= 0.6 is 11.3 Å². The molecular weight excluding hydrogens is 653 g/mol. The minimum Gasteiger partial charge on any atom is -0.307 e. The van der Waals surface area contributed by atoms with Crippen molar-refractivity contribution in [3.05, 3.63) is 175 Å². The van der Waals surface area contributed by atoms with Crippen LogP contribution in [0.3, 0.4) is 0 Å². The van der Waals surface area contributed by atoms with Crippen LogP contribution in [0.4, 0.5) is 0 Å². The summed E-state index contributed by atoms with van der Waals surface area (Å²) in [4.78, 5) is 10.2. The van der Waals surface area contributed by atoms with Crippen molar-refractivity contribution in [3.8, 4) is 56.8 Å². The molecule has 10 aromatic rings. The summed E-state index contributed by atoms with van der Waals surface area (Å²) in [5.74, 6) is 0.688. The van der Waals surface area contributed by atoms with Gasteiger partial charge < -0.3 is 4.57 Å². The zero-order chi connectivity index (χ0) is 34.6. The van der Waals surface area contributed by atoms with E-state index < -0.39 is 0 Å². The third-order valence-electron chi connectivity index (χ3n) is 9.86. The molecule has 0 spiro atoms. The second-order valence-corrected chi connectivity index (χ2v) is 14.0. The number of benzene rings is 7. The molecule has 0 aliphatic heterocycles. The smallest absolute Gasteiger partial charge is 0.160 e. The van der Waals surface area contributed by atoms with Crippen molar-refractivity contribution in [2.45, 2.75) is 0 Å². The highest BCUT2D eigenvalue weighted by Gasteiger charge is 2.20. The van der Waals surface area contributed by atoms with Crippen molar-refractivity contribution in [3.63, 3.8) is 0 Å². The van der Waals surface area contributed by atoms with Crippen LogP contribution in [0.15, 0.2) is 170 Å². The molecule has 7 aromatic carbocycles. The first-order valence-corrected chi connectivity index (χ1v) is 18.0. The van der Waals surface area contributed by atoms with Gasteiger partial charge in [0.2, 0.25) is 0 Å². The Morgan fingerprint density at radius 2 is 1.00 bits per heavy atom. The van der Waals surface area contributed by atoms with Crippen LogP contribution in [-0.2, 0) is 0 Å². The molecule has 0 N–H and O–H groups in total. The Balaban J connectivity index is 1.17. The second kappa shape index (κ2) is 12.2. The van der Waals surface area contributed by atoms with Gasteiger partial charge in [-0.05, 0) is 60.2 Å². The van der Waals surface area contributed by atoms with E-state index in [2.05, 4.69) is 132 Å². The highest BCUT2D eigenvalue weighted by atomic mass is 32.1. The normalized spacial score (nSPS) is 11.4. The Morgan fingerprint density at radius 1 is 0.462 bits per heavy atom. The number of aromatic nitrogens is 3. The molecule has 0 saturated heterocycles.